The number of nitrogens with zero attached hydrogens (tertiary/aromatic N) is 1. The average Bonchev–Trinajstić information content (AvgIpc) is 2.00. The van der Waals surface area contributed by atoms with Crippen LogP contribution in [0.2, 0.25) is 0 Å². The summed E-state index contributed by atoms with van der Waals surface area (Å²) in [6, 6.07) is 0. The van der Waals surface area contributed by atoms with E-state index in [9.17, 15) is 4.79 Å². The van der Waals surface area contributed by atoms with Crippen LogP contribution in [0.4, 0.5) is 0 Å². The third kappa shape index (κ3) is 4.37. The normalized spacial score (nSPS) is 11.2. The Hall–Kier alpha value is -1.05. The lowest BCUT2D eigenvalue weighted by atomic mass is 10.3. The van der Waals surface area contributed by atoms with Crippen LogP contribution in [-0.2, 0) is 4.79 Å². The molecular formula is C9H15NO. The molecule has 0 saturated heterocycles. The SMILES string of the molecule is C/C=C\CC(=O)N(C)/C=C\C. The maximum Gasteiger partial charge on any atom is 0.230 e. The highest BCUT2D eigenvalue weighted by molar-refractivity contribution is 5.78. The summed E-state index contributed by atoms with van der Waals surface area (Å²) in [6.07, 6.45) is 7.81. The largest absolute Gasteiger partial charge is 0.322 e. The second-order valence-electron chi connectivity index (χ2n) is 2.26. The second-order valence-corrected chi connectivity index (χ2v) is 2.26. The third-order valence-electron chi connectivity index (χ3n) is 1.29. The van der Waals surface area contributed by atoms with E-state index in [1.165, 1.54) is 0 Å². The molecule has 0 spiro atoms. The predicted molar refractivity (Wildman–Crippen MR) is 47.0 cm³/mol. The first kappa shape index (κ1) is 9.95. The second kappa shape index (κ2) is 5.71. The van der Waals surface area contributed by atoms with Crippen molar-refractivity contribution in [2.75, 3.05) is 7.05 Å². The van der Waals surface area contributed by atoms with Crippen LogP contribution in [0.5, 0.6) is 0 Å². The topological polar surface area (TPSA) is 20.3 Å². The van der Waals surface area contributed by atoms with E-state index in [-0.39, 0.29) is 5.91 Å². The summed E-state index contributed by atoms with van der Waals surface area (Å²) >= 11 is 0. The third-order valence-corrected chi connectivity index (χ3v) is 1.29. The lowest BCUT2D eigenvalue weighted by molar-refractivity contribution is -0.126. The minimum absolute atomic E-state index is 0.112. The average molecular weight is 153 g/mol. The minimum atomic E-state index is 0.112. The van der Waals surface area contributed by atoms with Crippen LogP contribution >= 0.6 is 0 Å². The van der Waals surface area contributed by atoms with Gasteiger partial charge < -0.3 is 4.90 Å². The summed E-state index contributed by atoms with van der Waals surface area (Å²) < 4.78 is 0. The monoisotopic (exact) mass is 153 g/mol. The Kier molecular flexibility index (Phi) is 5.17. The van der Waals surface area contributed by atoms with Crippen molar-refractivity contribution >= 4 is 5.91 Å². The van der Waals surface area contributed by atoms with Gasteiger partial charge in [0.2, 0.25) is 5.91 Å². The van der Waals surface area contributed by atoms with E-state index in [2.05, 4.69) is 0 Å². The molecule has 0 aromatic carbocycles. The van der Waals surface area contributed by atoms with E-state index in [0.29, 0.717) is 6.42 Å². The van der Waals surface area contributed by atoms with Gasteiger partial charge in [-0.2, -0.15) is 0 Å². The Labute approximate surface area is 68.2 Å². The number of carbonyl (C=O) groups is 1. The summed E-state index contributed by atoms with van der Waals surface area (Å²) in [4.78, 5) is 12.7. The van der Waals surface area contributed by atoms with Gasteiger partial charge in [-0.1, -0.05) is 18.2 Å². The van der Waals surface area contributed by atoms with Crippen molar-refractivity contribution in [3.63, 3.8) is 0 Å². The number of allylic oxidation sites excluding steroid dienone is 2. The molecule has 0 unspecified atom stereocenters. The molecule has 0 aliphatic carbocycles. The fourth-order valence-corrected chi connectivity index (χ4v) is 0.669. The quantitative estimate of drug-likeness (QED) is 0.567. The zero-order valence-corrected chi connectivity index (χ0v) is 7.37. The smallest absolute Gasteiger partial charge is 0.230 e. The summed E-state index contributed by atoms with van der Waals surface area (Å²) in [5, 5.41) is 0. The molecule has 0 heterocycles. The van der Waals surface area contributed by atoms with Gasteiger partial charge in [-0.05, 0) is 13.8 Å². The van der Waals surface area contributed by atoms with E-state index in [1.807, 2.05) is 32.1 Å². The zero-order chi connectivity index (χ0) is 8.69. The summed E-state index contributed by atoms with van der Waals surface area (Å²) in [5.74, 6) is 0.112. The van der Waals surface area contributed by atoms with E-state index in [1.54, 1.807) is 18.1 Å². The molecule has 2 heteroatoms. The molecule has 0 radical (unpaired) electrons. The molecular weight excluding hydrogens is 138 g/mol. The molecule has 0 fully saturated rings. The van der Waals surface area contributed by atoms with Crippen LogP contribution in [0.3, 0.4) is 0 Å². The fourth-order valence-electron chi connectivity index (χ4n) is 0.669. The van der Waals surface area contributed by atoms with Gasteiger partial charge in [-0.15, -0.1) is 0 Å². The Bertz CT molecular complexity index is 170. The molecule has 0 aromatic heterocycles. The molecule has 0 aliphatic rings. The Morgan fingerprint density at radius 1 is 1.36 bits per heavy atom. The fraction of sp³-hybridized carbons (Fsp3) is 0.444. The Balaban J connectivity index is 3.82. The lowest BCUT2D eigenvalue weighted by Crippen LogP contribution is -2.19. The highest BCUT2D eigenvalue weighted by Crippen LogP contribution is 1.92. The van der Waals surface area contributed by atoms with Crippen molar-refractivity contribution in [2.24, 2.45) is 0 Å². The van der Waals surface area contributed by atoms with E-state index in [0.717, 1.165) is 0 Å². The Morgan fingerprint density at radius 3 is 2.45 bits per heavy atom. The van der Waals surface area contributed by atoms with Crippen molar-refractivity contribution < 1.29 is 4.79 Å². The maximum absolute atomic E-state index is 11.1. The number of rotatable bonds is 3. The van der Waals surface area contributed by atoms with Crippen molar-refractivity contribution in [3.05, 3.63) is 24.4 Å². The van der Waals surface area contributed by atoms with Gasteiger partial charge >= 0.3 is 0 Å². The molecule has 62 valence electrons. The van der Waals surface area contributed by atoms with Gasteiger partial charge in [0, 0.05) is 19.7 Å². The molecule has 0 saturated carbocycles. The molecule has 0 N–H and O–H groups in total. The van der Waals surface area contributed by atoms with Crippen LogP contribution in [0.25, 0.3) is 0 Å². The summed E-state index contributed by atoms with van der Waals surface area (Å²) in [5.41, 5.74) is 0. The van der Waals surface area contributed by atoms with E-state index < -0.39 is 0 Å². The molecule has 1 amide bonds. The summed E-state index contributed by atoms with van der Waals surface area (Å²) in [7, 11) is 1.76. The maximum atomic E-state index is 11.1. The number of amides is 1. The first-order chi connectivity index (χ1) is 5.22. The molecule has 0 atom stereocenters. The highest BCUT2D eigenvalue weighted by Gasteiger charge is 2.00. The molecule has 2 nitrogen and oxygen atoms in total. The number of hydrogen-bond donors (Lipinski definition) is 0. The van der Waals surface area contributed by atoms with E-state index >= 15 is 0 Å². The van der Waals surface area contributed by atoms with Crippen molar-refractivity contribution in [2.45, 2.75) is 20.3 Å². The molecule has 0 aromatic rings. The first-order valence-electron chi connectivity index (χ1n) is 3.72. The first-order valence-corrected chi connectivity index (χ1v) is 3.72. The number of hydrogen-bond acceptors (Lipinski definition) is 1. The summed E-state index contributed by atoms with van der Waals surface area (Å²) in [6.45, 7) is 3.79. The van der Waals surface area contributed by atoms with Gasteiger partial charge in [0.1, 0.15) is 0 Å². The van der Waals surface area contributed by atoms with Gasteiger partial charge in [0.05, 0.1) is 0 Å². The van der Waals surface area contributed by atoms with Crippen molar-refractivity contribution in [1.29, 1.82) is 0 Å². The van der Waals surface area contributed by atoms with Crippen LogP contribution in [0.1, 0.15) is 20.3 Å². The van der Waals surface area contributed by atoms with Gasteiger partial charge in [0.15, 0.2) is 0 Å². The van der Waals surface area contributed by atoms with Crippen LogP contribution in [0, 0.1) is 0 Å². The molecule has 0 bridgehead atoms. The van der Waals surface area contributed by atoms with Crippen LogP contribution in [-0.4, -0.2) is 17.9 Å². The van der Waals surface area contributed by atoms with Crippen LogP contribution in [0.15, 0.2) is 24.4 Å². The van der Waals surface area contributed by atoms with Gasteiger partial charge in [-0.3, -0.25) is 4.79 Å². The zero-order valence-electron chi connectivity index (χ0n) is 7.37. The minimum Gasteiger partial charge on any atom is -0.322 e. The van der Waals surface area contributed by atoms with Gasteiger partial charge in [0.25, 0.3) is 0 Å². The number of carbonyl (C=O) groups excluding carboxylic acids is 1. The molecule has 0 rings (SSSR count). The van der Waals surface area contributed by atoms with E-state index in [4.69, 9.17) is 0 Å². The van der Waals surface area contributed by atoms with Crippen LogP contribution < -0.4 is 0 Å². The van der Waals surface area contributed by atoms with Gasteiger partial charge in [-0.25, -0.2) is 0 Å². The lowest BCUT2D eigenvalue weighted by Gasteiger charge is -2.09. The van der Waals surface area contributed by atoms with Crippen molar-refractivity contribution in [1.82, 2.24) is 4.90 Å². The van der Waals surface area contributed by atoms with Crippen molar-refractivity contribution in [3.8, 4) is 0 Å². The molecule has 11 heavy (non-hydrogen) atoms. The standard InChI is InChI=1S/C9H15NO/c1-4-6-7-9(11)10(3)8-5-2/h4-6,8H,7H2,1-3H3/b6-4-,8-5-. The molecule has 0 aliphatic heterocycles. The highest BCUT2D eigenvalue weighted by atomic mass is 16.2. The Morgan fingerprint density at radius 2 is 2.00 bits per heavy atom. The predicted octanol–water partition coefficient (Wildman–Crippen LogP) is 1.94.